The highest BCUT2D eigenvalue weighted by atomic mass is 35.5. The second kappa shape index (κ2) is 6.03. The Morgan fingerprint density at radius 3 is 2.77 bits per heavy atom. The predicted molar refractivity (Wildman–Crippen MR) is 89.0 cm³/mol. The van der Waals surface area contributed by atoms with Crippen molar-refractivity contribution in [1.82, 2.24) is 10.4 Å². The SMILES string of the molecule is Cc1cccc2cncc(C(=O)NNc3cccc(Cl)c3)c12. The molecule has 0 spiro atoms. The Morgan fingerprint density at radius 1 is 1.14 bits per heavy atom. The largest absolute Gasteiger partial charge is 0.298 e. The Morgan fingerprint density at radius 2 is 1.95 bits per heavy atom. The van der Waals surface area contributed by atoms with Crippen LogP contribution in [0.25, 0.3) is 10.8 Å². The molecule has 3 rings (SSSR count). The van der Waals surface area contributed by atoms with Gasteiger partial charge in [-0.2, -0.15) is 0 Å². The molecular formula is C17H14ClN3O. The summed E-state index contributed by atoms with van der Waals surface area (Å²) in [6.07, 6.45) is 3.33. The van der Waals surface area contributed by atoms with Crippen LogP contribution in [0.3, 0.4) is 0 Å². The summed E-state index contributed by atoms with van der Waals surface area (Å²) in [5.74, 6) is -0.243. The molecule has 110 valence electrons. The number of nitrogens with zero attached hydrogens (tertiary/aromatic N) is 1. The van der Waals surface area contributed by atoms with E-state index in [0.29, 0.717) is 16.3 Å². The van der Waals surface area contributed by atoms with Crippen LogP contribution < -0.4 is 10.9 Å². The lowest BCUT2D eigenvalue weighted by Gasteiger charge is -2.11. The smallest absolute Gasteiger partial charge is 0.271 e. The average Bonchev–Trinajstić information content (AvgIpc) is 2.52. The summed E-state index contributed by atoms with van der Waals surface area (Å²) in [4.78, 5) is 16.6. The molecular weight excluding hydrogens is 298 g/mol. The Balaban J connectivity index is 1.87. The number of pyridine rings is 1. The van der Waals surface area contributed by atoms with Crippen LogP contribution >= 0.6 is 11.6 Å². The van der Waals surface area contributed by atoms with Crippen molar-refractivity contribution in [3.05, 3.63) is 71.0 Å². The molecule has 3 aromatic rings. The maximum Gasteiger partial charge on any atom is 0.271 e. The molecule has 22 heavy (non-hydrogen) atoms. The topological polar surface area (TPSA) is 54.0 Å². The molecule has 0 aliphatic heterocycles. The minimum atomic E-state index is -0.243. The molecule has 0 bridgehead atoms. The second-order valence-corrected chi connectivity index (χ2v) is 5.39. The van der Waals surface area contributed by atoms with Gasteiger partial charge >= 0.3 is 0 Å². The summed E-state index contributed by atoms with van der Waals surface area (Å²) in [6, 6.07) is 13.0. The van der Waals surface area contributed by atoms with Crippen LogP contribution in [0.5, 0.6) is 0 Å². The average molecular weight is 312 g/mol. The number of hydrogen-bond acceptors (Lipinski definition) is 3. The summed E-state index contributed by atoms with van der Waals surface area (Å²) < 4.78 is 0. The Kier molecular flexibility index (Phi) is 3.94. The summed E-state index contributed by atoms with van der Waals surface area (Å²) >= 11 is 5.91. The van der Waals surface area contributed by atoms with Crippen LogP contribution in [0.2, 0.25) is 5.02 Å². The lowest BCUT2D eigenvalue weighted by Crippen LogP contribution is -2.29. The molecule has 0 fully saturated rings. The molecule has 4 nitrogen and oxygen atoms in total. The van der Waals surface area contributed by atoms with Gasteiger partial charge in [0, 0.05) is 28.2 Å². The number of carbonyl (C=O) groups excluding carboxylic acids is 1. The van der Waals surface area contributed by atoms with E-state index in [1.807, 2.05) is 31.2 Å². The van der Waals surface area contributed by atoms with E-state index in [1.54, 1.807) is 30.6 Å². The first kappa shape index (κ1) is 14.4. The van der Waals surface area contributed by atoms with Crippen LogP contribution in [0, 0.1) is 6.92 Å². The standard InChI is InChI=1S/C17H14ClN3O/c1-11-4-2-5-12-9-19-10-15(16(11)12)17(22)21-20-14-7-3-6-13(18)8-14/h2-10,20H,1H3,(H,21,22). The van der Waals surface area contributed by atoms with Crippen molar-refractivity contribution >= 4 is 34.0 Å². The van der Waals surface area contributed by atoms with Gasteiger partial charge in [0.25, 0.3) is 5.91 Å². The van der Waals surface area contributed by atoms with Gasteiger partial charge in [-0.3, -0.25) is 20.6 Å². The van der Waals surface area contributed by atoms with Crippen molar-refractivity contribution in [2.75, 3.05) is 5.43 Å². The number of carbonyl (C=O) groups is 1. The van der Waals surface area contributed by atoms with Gasteiger partial charge in [-0.05, 0) is 30.7 Å². The zero-order valence-electron chi connectivity index (χ0n) is 11.9. The zero-order valence-corrected chi connectivity index (χ0v) is 12.7. The predicted octanol–water partition coefficient (Wildman–Crippen LogP) is 3.95. The molecule has 0 saturated carbocycles. The molecule has 1 amide bonds. The Labute approximate surface area is 133 Å². The third-order valence-electron chi connectivity index (χ3n) is 3.38. The monoisotopic (exact) mass is 311 g/mol. The number of benzene rings is 2. The van der Waals surface area contributed by atoms with Crippen LogP contribution in [0.15, 0.2) is 54.9 Å². The summed E-state index contributed by atoms with van der Waals surface area (Å²) in [6.45, 7) is 1.98. The van der Waals surface area contributed by atoms with E-state index in [9.17, 15) is 4.79 Å². The fourth-order valence-electron chi connectivity index (χ4n) is 2.36. The fourth-order valence-corrected chi connectivity index (χ4v) is 2.55. The number of halogens is 1. The molecule has 0 radical (unpaired) electrons. The van der Waals surface area contributed by atoms with Crippen molar-refractivity contribution in [3.63, 3.8) is 0 Å². The highest BCUT2D eigenvalue weighted by molar-refractivity contribution is 6.30. The number of fused-ring (bicyclic) bond motifs is 1. The van der Waals surface area contributed by atoms with E-state index >= 15 is 0 Å². The minimum Gasteiger partial charge on any atom is -0.298 e. The first-order chi connectivity index (χ1) is 10.6. The summed E-state index contributed by atoms with van der Waals surface area (Å²) in [5.41, 5.74) is 7.81. The van der Waals surface area contributed by atoms with Crippen LogP contribution in [0.4, 0.5) is 5.69 Å². The van der Waals surface area contributed by atoms with E-state index in [4.69, 9.17) is 11.6 Å². The van der Waals surface area contributed by atoms with Gasteiger partial charge in [-0.25, -0.2) is 0 Å². The van der Waals surface area contributed by atoms with Gasteiger partial charge in [-0.15, -0.1) is 0 Å². The number of amides is 1. The van der Waals surface area contributed by atoms with Gasteiger partial charge in [0.05, 0.1) is 11.3 Å². The maximum atomic E-state index is 12.4. The highest BCUT2D eigenvalue weighted by Crippen LogP contribution is 2.21. The van der Waals surface area contributed by atoms with Crippen molar-refractivity contribution in [3.8, 4) is 0 Å². The second-order valence-electron chi connectivity index (χ2n) is 4.95. The Hall–Kier alpha value is -2.59. The minimum absolute atomic E-state index is 0.243. The van der Waals surface area contributed by atoms with Crippen LogP contribution in [0.1, 0.15) is 15.9 Å². The van der Waals surface area contributed by atoms with Gasteiger partial charge in [0.15, 0.2) is 0 Å². The van der Waals surface area contributed by atoms with Gasteiger partial charge in [-0.1, -0.05) is 35.9 Å². The normalized spacial score (nSPS) is 10.5. The van der Waals surface area contributed by atoms with E-state index in [2.05, 4.69) is 15.8 Å². The summed E-state index contributed by atoms with van der Waals surface area (Å²) in [7, 11) is 0. The lowest BCUT2D eigenvalue weighted by molar-refractivity contribution is 0.0964. The van der Waals surface area contributed by atoms with E-state index in [0.717, 1.165) is 16.3 Å². The van der Waals surface area contributed by atoms with Crippen molar-refractivity contribution < 1.29 is 4.79 Å². The van der Waals surface area contributed by atoms with Crippen molar-refractivity contribution in [1.29, 1.82) is 0 Å². The Bertz CT molecular complexity index is 843. The molecule has 0 aliphatic carbocycles. The number of aromatic nitrogens is 1. The van der Waals surface area contributed by atoms with Gasteiger partial charge in [0.1, 0.15) is 0 Å². The molecule has 2 N–H and O–H groups in total. The number of rotatable bonds is 3. The third kappa shape index (κ3) is 2.87. The van der Waals surface area contributed by atoms with E-state index in [-0.39, 0.29) is 5.91 Å². The van der Waals surface area contributed by atoms with E-state index < -0.39 is 0 Å². The quantitative estimate of drug-likeness (QED) is 0.720. The molecule has 5 heteroatoms. The van der Waals surface area contributed by atoms with Gasteiger partial charge in [0.2, 0.25) is 0 Å². The van der Waals surface area contributed by atoms with Crippen molar-refractivity contribution in [2.45, 2.75) is 6.92 Å². The molecule has 0 saturated heterocycles. The van der Waals surface area contributed by atoms with Crippen molar-refractivity contribution in [2.24, 2.45) is 0 Å². The molecule has 0 unspecified atom stereocenters. The lowest BCUT2D eigenvalue weighted by atomic mass is 10.0. The molecule has 1 heterocycles. The van der Waals surface area contributed by atoms with Gasteiger partial charge < -0.3 is 0 Å². The van der Waals surface area contributed by atoms with Crippen LogP contribution in [-0.4, -0.2) is 10.9 Å². The highest BCUT2D eigenvalue weighted by Gasteiger charge is 2.12. The first-order valence-corrected chi connectivity index (χ1v) is 7.18. The van der Waals surface area contributed by atoms with E-state index in [1.165, 1.54) is 0 Å². The number of nitrogens with one attached hydrogen (secondary N) is 2. The summed E-state index contributed by atoms with van der Waals surface area (Å²) in [5, 5.41) is 2.44. The zero-order chi connectivity index (χ0) is 15.5. The molecule has 0 aliphatic rings. The fraction of sp³-hybridized carbons (Fsp3) is 0.0588. The number of aryl methyl sites for hydroxylation is 1. The molecule has 2 aromatic carbocycles. The number of hydrazine groups is 1. The first-order valence-electron chi connectivity index (χ1n) is 6.80. The molecule has 0 atom stereocenters. The number of hydrogen-bond donors (Lipinski definition) is 2. The van der Waals surface area contributed by atoms with Crippen LogP contribution in [-0.2, 0) is 0 Å². The molecule has 1 aromatic heterocycles. The number of anilines is 1. The maximum absolute atomic E-state index is 12.4. The third-order valence-corrected chi connectivity index (χ3v) is 3.62.